The molecule has 0 spiro atoms. The summed E-state index contributed by atoms with van der Waals surface area (Å²) in [4.78, 5) is 48.2. The Kier molecular flexibility index (Phi) is 6.68. The first-order chi connectivity index (χ1) is 14.8. The number of hydrogen-bond acceptors (Lipinski definition) is 4. The van der Waals surface area contributed by atoms with Gasteiger partial charge in [0, 0.05) is 34.3 Å². The molecule has 3 aromatic rings. The van der Waals surface area contributed by atoms with Gasteiger partial charge in [-0.1, -0.05) is 17.7 Å². The van der Waals surface area contributed by atoms with E-state index in [9.17, 15) is 19.2 Å². The van der Waals surface area contributed by atoms with Gasteiger partial charge in [-0.25, -0.2) is 4.79 Å². The number of nitrogens with one attached hydrogen (secondary N) is 3. The highest BCUT2D eigenvalue weighted by Gasteiger charge is 2.26. The van der Waals surface area contributed by atoms with Crippen LogP contribution in [0.5, 0.6) is 0 Å². The Labute approximate surface area is 181 Å². The number of pyridine rings is 1. The van der Waals surface area contributed by atoms with Crippen molar-refractivity contribution in [1.82, 2.24) is 9.88 Å². The number of carbonyl (C=O) groups is 3. The maximum absolute atomic E-state index is 12.5. The monoisotopic (exact) mass is 439 g/mol. The minimum Gasteiger partial charge on any atom is -0.367 e. The predicted molar refractivity (Wildman–Crippen MR) is 117 cm³/mol. The van der Waals surface area contributed by atoms with Crippen LogP contribution in [0.3, 0.4) is 0 Å². The third kappa shape index (κ3) is 5.71. The Morgan fingerprint density at radius 3 is 2.10 bits per heavy atom. The maximum atomic E-state index is 12.5. The number of benzene rings is 2. The molecule has 5 N–H and O–H groups in total. The number of anilines is 2. The lowest BCUT2D eigenvalue weighted by atomic mass is 10.2. The average molecular weight is 440 g/mol. The quantitative estimate of drug-likeness (QED) is 0.437. The summed E-state index contributed by atoms with van der Waals surface area (Å²) in [6.07, 6.45) is 1.61. The summed E-state index contributed by atoms with van der Waals surface area (Å²) in [5.41, 5.74) is 6.43. The Balaban J connectivity index is 1.65. The number of halogens is 1. The molecule has 4 amide bonds. The van der Waals surface area contributed by atoms with Gasteiger partial charge in [-0.3, -0.25) is 19.0 Å². The lowest BCUT2D eigenvalue weighted by molar-refractivity contribution is -0.127. The van der Waals surface area contributed by atoms with Crippen LogP contribution in [0.25, 0.3) is 5.69 Å². The molecule has 9 nitrogen and oxygen atoms in total. The van der Waals surface area contributed by atoms with Crippen LogP contribution >= 0.6 is 11.6 Å². The van der Waals surface area contributed by atoms with Gasteiger partial charge in [0.05, 0.1) is 0 Å². The van der Waals surface area contributed by atoms with Crippen molar-refractivity contribution in [3.05, 3.63) is 88.3 Å². The van der Waals surface area contributed by atoms with Gasteiger partial charge in [-0.2, -0.15) is 0 Å². The third-order valence-corrected chi connectivity index (χ3v) is 4.41. The molecule has 0 fully saturated rings. The highest BCUT2D eigenvalue weighted by atomic mass is 35.5. The van der Waals surface area contributed by atoms with Crippen molar-refractivity contribution in [2.45, 2.75) is 6.04 Å². The first kappa shape index (κ1) is 21.6. The highest BCUT2D eigenvalue weighted by molar-refractivity contribution is 6.30. The van der Waals surface area contributed by atoms with E-state index in [4.69, 9.17) is 17.3 Å². The van der Waals surface area contributed by atoms with Gasteiger partial charge < -0.3 is 21.7 Å². The molecular formula is C21H18ClN5O4. The second-order valence-electron chi connectivity index (χ2n) is 6.39. The van der Waals surface area contributed by atoms with Crippen molar-refractivity contribution in [2.24, 2.45) is 5.73 Å². The van der Waals surface area contributed by atoms with Crippen LogP contribution in [0.1, 0.15) is 0 Å². The summed E-state index contributed by atoms with van der Waals surface area (Å²) in [6, 6.07) is 15.0. The number of rotatable bonds is 6. The van der Waals surface area contributed by atoms with Crippen molar-refractivity contribution < 1.29 is 14.4 Å². The molecule has 0 aliphatic carbocycles. The summed E-state index contributed by atoms with van der Waals surface area (Å²) in [5.74, 6) is -1.85. The first-order valence-corrected chi connectivity index (χ1v) is 9.42. The third-order valence-electron chi connectivity index (χ3n) is 4.16. The Hall–Kier alpha value is -4.11. The lowest BCUT2D eigenvalue weighted by Gasteiger charge is -2.16. The van der Waals surface area contributed by atoms with Crippen LogP contribution in [0.15, 0.2) is 77.7 Å². The van der Waals surface area contributed by atoms with Crippen molar-refractivity contribution >= 4 is 40.8 Å². The van der Waals surface area contributed by atoms with Gasteiger partial charge in [0.1, 0.15) is 0 Å². The summed E-state index contributed by atoms with van der Waals surface area (Å²) in [7, 11) is 0. The number of primary amides is 1. The molecule has 1 atom stereocenters. The fraction of sp³-hybridized carbons (Fsp3) is 0.0476. The van der Waals surface area contributed by atoms with Gasteiger partial charge in [0.15, 0.2) is 6.04 Å². The van der Waals surface area contributed by atoms with Gasteiger partial charge in [0.25, 0.3) is 11.5 Å². The standard InChI is InChI=1S/C21H18ClN5O4/c22-13-4-6-15(7-5-13)25-21(31)26-18(19(23)29)20(30)24-14-8-10-16(11-9-14)27-12-2-1-3-17(27)28/h1-12,18H,(H2,23,29)(H,24,30)(H2,25,26,31). The van der Waals surface area contributed by atoms with E-state index in [0.717, 1.165) is 0 Å². The molecule has 158 valence electrons. The van der Waals surface area contributed by atoms with Crippen LogP contribution in [0.2, 0.25) is 5.02 Å². The van der Waals surface area contributed by atoms with Crippen LogP contribution in [0.4, 0.5) is 16.2 Å². The smallest absolute Gasteiger partial charge is 0.320 e. The van der Waals surface area contributed by atoms with E-state index in [1.54, 1.807) is 66.9 Å². The van der Waals surface area contributed by atoms with Gasteiger partial charge in [-0.15, -0.1) is 0 Å². The molecule has 2 aromatic carbocycles. The maximum Gasteiger partial charge on any atom is 0.320 e. The normalized spacial score (nSPS) is 11.3. The predicted octanol–water partition coefficient (Wildman–Crippen LogP) is 2.10. The number of carbonyl (C=O) groups excluding carboxylic acids is 3. The van der Waals surface area contributed by atoms with Crippen molar-refractivity contribution in [3.8, 4) is 5.69 Å². The van der Waals surface area contributed by atoms with Crippen molar-refractivity contribution in [1.29, 1.82) is 0 Å². The fourth-order valence-corrected chi connectivity index (χ4v) is 2.78. The average Bonchev–Trinajstić information content (AvgIpc) is 2.74. The Morgan fingerprint density at radius 2 is 1.48 bits per heavy atom. The van der Waals surface area contributed by atoms with Gasteiger partial charge in [0.2, 0.25) is 5.91 Å². The Morgan fingerprint density at radius 1 is 0.871 bits per heavy atom. The number of urea groups is 1. The van der Waals surface area contributed by atoms with E-state index in [1.165, 1.54) is 10.6 Å². The molecule has 0 aliphatic rings. The zero-order valence-electron chi connectivity index (χ0n) is 16.0. The van der Waals surface area contributed by atoms with E-state index in [0.29, 0.717) is 22.1 Å². The molecule has 0 saturated heterocycles. The summed E-state index contributed by atoms with van der Waals surface area (Å²) in [5, 5.41) is 7.70. The molecule has 0 bridgehead atoms. The zero-order valence-corrected chi connectivity index (χ0v) is 16.8. The second-order valence-corrected chi connectivity index (χ2v) is 6.82. The van der Waals surface area contributed by atoms with Crippen LogP contribution in [0, 0.1) is 0 Å². The molecule has 0 radical (unpaired) electrons. The van der Waals surface area contributed by atoms with Crippen LogP contribution in [-0.2, 0) is 9.59 Å². The SMILES string of the molecule is NC(=O)C(NC(=O)Nc1ccc(Cl)cc1)C(=O)Nc1ccc(-n2ccccc2=O)cc1. The van der Waals surface area contributed by atoms with Gasteiger partial charge in [-0.05, 0) is 54.6 Å². The van der Waals surface area contributed by atoms with E-state index in [1.807, 2.05) is 0 Å². The van der Waals surface area contributed by atoms with Crippen molar-refractivity contribution in [3.63, 3.8) is 0 Å². The van der Waals surface area contributed by atoms with E-state index in [-0.39, 0.29) is 5.56 Å². The summed E-state index contributed by atoms with van der Waals surface area (Å²) in [6.45, 7) is 0. The first-order valence-electron chi connectivity index (χ1n) is 9.05. The summed E-state index contributed by atoms with van der Waals surface area (Å²) < 4.78 is 1.43. The molecule has 10 heteroatoms. The number of nitrogens with two attached hydrogens (primary N) is 1. The fourth-order valence-electron chi connectivity index (χ4n) is 2.66. The second kappa shape index (κ2) is 9.59. The number of hydrogen-bond donors (Lipinski definition) is 4. The molecule has 3 rings (SSSR count). The van der Waals surface area contributed by atoms with Crippen LogP contribution in [-0.4, -0.2) is 28.5 Å². The molecule has 0 saturated carbocycles. The number of amides is 4. The van der Waals surface area contributed by atoms with Crippen molar-refractivity contribution in [2.75, 3.05) is 10.6 Å². The van der Waals surface area contributed by atoms with Gasteiger partial charge >= 0.3 is 6.03 Å². The highest BCUT2D eigenvalue weighted by Crippen LogP contribution is 2.14. The molecule has 1 heterocycles. The Bertz CT molecular complexity index is 1160. The molecule has 0 aliphatic heterocycles. The zero-order chi connectivity index (χ0) is 22.4. The minimum absolute atomic E-state index is 0.205. The largest absolute Gasteiger partial charge is 0.367 e. The topological polar surface area (TPSA) is 135 Å². The molecule has 31 heavy (non-hydrogen) atoms. The van der Waals surface area contributed by atoms with E-state index >= 15 is 0 Å². The molecule has 1 unspecified atom stereocenters. The number of nitrogens with zero attached hydrogens (tertiary/aromatic N) is 1. The lowest BCUT2D eigenvalue weighted by Crippen LogP contribution is -2.53. The van der Waals surface area contributed by atoms with E-state index < -0.39 is 23.9 Å². The van der Waals surface area contributed by atoms with E-state index in [2.05, 4.69) is 16.0 Å². The minimum atomic E-state index is -1.61. The number of aromatic nitrogens is 1. The molecule has 1 aromatic heterocycles. The molecular weight excluding hydrogens is 422 g/mol. The summed E-state index contributed by atoms with van der Waals surface area (Å²) >= 11 is 5.79. The van der Waals surface area contributed by atoms with Crippen LogP contribution < -0.4 is 27.2 Å².